The van der Waals surface area contributed by atoms with Crippen molar-refractivity contribution in [2.24, 2.45) is 0 Å². The Morgan fingerprint density at radius 1 is 1.09 bits per heavy atom. The molecule has 0 saturated carbocycles. The van der Waals surface area contributed by atoms with E-state index in [0.29, 0.717) is 5.69 Å². The number of para-hydroxylation sites is 1. The third-order valence-electron chi connectivity index (χ3n) is 5.51. The molecule has 3 aromatic rings. The van der Waals surface area contributed by atoms with Crippen molar-refractivity contribution in [3.63, 3.8) is 0 Å². The number of carbonyl (C=O) groups is 2. The number of hydrogen-bond acceptors (Lipinski definition) is 3. The van der Waals surface area contributed by atoms with Crippen LogP contribution in [0.15, 0.2) is 48.7 Å². The highest BCUT2D eigenvalue weighted by molar-refractivity contribution is 6.18. The molecule has 1 aliphatic rings. The minimum Gasteiger partial charge on any atom is -0.459 e. The normalized spacial score (nSPS) is 15.3. The second-order valence-corrected chi connectivity index (χ2v) is 8.84. The maximum atomic E-state index is 14.4. The maximum absolute atomic E-state index is 14.4. The van der Waals surface area contributed by atoms with E-state index in [-0.39, 0.29) is 18.2 Å². The molecule has 2 aromatic carbocycles. The van der Waals surface area contributed by atoms with E-state index in [2.05, 4.69) is 4.98 Å². The first-order chi connectivity index (χ1) is 15.1. The van der Waals surface area contributed by atoms with Gasteiger partial charge in [0.1, 0.15) is 0 Å². The van der Waals surface area contributed by atoms with E-state index in [1.807, 2.05) is 38.1 Å². The van der Waals surface area contributed by atoms with Crippen LogP contribution in [0.25, 0.3) is 16.5 Å². The minimum absolute atomic E-state index is 0.148. The highest BCUT2D eigenvalue weighted by atomic mass is 19.2. The molecule has 4 rings (SSSR count). The molecule has 1 aliphatic heterocycles. The van der Waals surface area contributed by atoms with Crippen LogP contribution in [0.3, 0.4) is 0 Å². The number of rotatable bonds is 3. The average Bonchev–Trinajstić information content (AvgIpc) is 3.06. The summed E-state index contributed by atoms with van der Waals surface area (Å²) in [5.41, 5.74) is 1.39. The monoisotopic (exact) mass is 438 g/mol. The number of carbonyl (C=O) groups excluding carboxylic acids is 2. The first-order valence-electron chi connectivity index (χ1n) is 10.4. The van der Waals surface area contributed by atoms with Crippen molar-refractivity contribution in [1.29, 1.82) is 0 Å². The van der Waals surface area contributed by atoms with E-state index in [0.717, 1.165) is 22.5 Å². The van der Waals surface area contributed by atoms with Crippen LogP contribution in [0.1, 0.15) is 49.3 Å². The second-order valence-electron chi connectivity index (χ2n) is 8.84. The average molecular weight is 438 g/mol. The van der Waals surface area contributed by atoms with Crippen LogP contribution < -0.4 is 0 Å². The smallest absolute Gasteiger partial charge is 0.342 e. The van der Waals surface area contributed by atoms with E-state index in [1.54, 1.807) is 13.8 Å². The van der Waals surface area contributed by atoms with Crippen molar-refractivity contribution < 1.29 is 23.1 Å². The zero-order valence-corrected chi connectivity index (χ0v) is 18.3. The van der Waals surface area contributed by atoms with Gasteiger partial charge in [0.2, 0.25) is 0 Å². The molecule has 1 aromatic heterocycles. The van der Waals surface area contributed by atoms with Crippen molar-refractivity contribution in [2.45, 2.75) is 39.2 Å². The van der Waals surface area contributed by atoms with Crippen molar-refractivity contribution in [3.05, 3.63) is 77.1 Å². The number of esters is 1. The largest absolute Gasteiger partial charge is 0.459 e. The number of hydrogen-bond donors (Lipinski definition) is 1. The summed E-state index contributed by atoms with van der Waals surface area (Å²) in [6.07, 6.45) is 0.998. The van der Waals surface area contributed by atoms with Gasteiger partial charge in [-0.3, -0.25) is 4.79 Å². The fourth-order valence-corrected chi connectivity index (χ4v) is 4.20. The molecular weight excluding hydrogens is 414 g/mol. The van der Waals surface area contributed by atoms with E-state index >= 15 is 0 Å². The van der Waals surface area contributed by atoms with Gasteiger partial charge in [-0.1, -0.05) is 38.1 Å². The Balaban J connectivity index is 1.91. The van der Waals surface area contributed by atoms with Gasteiger partial charge >= 0.3 is 5.97 Å². The second kappa shape index (κ2) is 7.89. The van der Waals surface area contributed by atoms with Gasteiger partial charge in [0.05, 0.1) is 22.9 Å². The quantitative estimate of drug-likeness (QED) is 0.574. The molecule has 32 heavy (non-hydrogen) atoms. The third kappa shape index (κ3) is 3.68. The number of ether oxygens (including phenoxy) is 1. The Morgan fingerprint density at radius 3 is 2.53 bits per heavy atom. The number of fused-ring (bicyclic) bond motifs is 3. The molecule has 0 aliphatic carbocycles. The lowest BCUT2D eigenvalue weighted by atomic mass is 9.81. The summed E-state index contributed by atoms with van der Waals surface area (Å²) >= 11 is 0. The van der Waals surface area contributed by atoms with Crippen LogP contribution >= 0.6 is 0 Å². The highest BCUT2D eigenvalue weighted by Gasteiger charge is 2.38. The number of amides is 1. The van der Waals surface area contributed by atoms with Gasteiger partial charge in [-0.25, -0.2) is 13.6 Å². The molecule has 5 nitrogen and oxygen atoms in total. The molecule has 0 spiro atoms. The van der Waals surface area contributed by atoms with E-state index in [9.17, 15) is 18.4 Å². The standard InChI is InChI=1S/C25H24F2N2O3/c1-14(2)32-24(31)17-12-29(23(30)16-9-7-10-18(26)21(16)27)13-25(3,4)20-15-8-5-6-11-19(15)28-22(17)20/h5-12,14,28H,13H2,1-4H3. The summed E-state index contributed by atoms with van der Waals surface area (Å²) in [6, 6.07) is 11.1. The lowest BCUT2D eigenvalue weighted by Gasteiger charge is -2.29. The first kappa shape index (κ1) is 21.7. The molecule has 166 valence electrons. The molecule has 0 unspecified atom stereocenters. The Bertz CT molecular complexity index is 1260. The van der Waals surface area contributed by atoms with Gasteiger partial charge in [0.25, 0.3) is 5.91 Å². The van der Waals surface area contributed by atoms with Crippen LogP contribution in [0.4, 0.5) is 8.78 Å². The topological polar surface area (TPSA) is 62.4 Å². The van der Waals surface area contributed by atoms with Crippen molar-refractivity contribution in [3.8, 4) is 0 Å². The summed E-state index contributed by atoms with van der Waals surface area (Å²) in [5.74, 6) is -3.67. The predicted molar refractivity (Wildman–Crippen MR) is 118 cm³/mol. The van der Waals surface area contributed by atoms with Gasteiger partial charge < -0.3 is 14.6 Å². The van der Waals surface area contributed by atoms with E-state index in [1.165, 1.54) is 23.2 Å². The Kier molecular flexibility index (Phi) is 5.36. The van der Waals surface area contributed by atoms with Gasteiger partial charge in [-0.05, 0) is 37.6 Å². The molecule has 0 radical (unpaired) electrons. The third-order valence-corrected chi connectivity index (χ3v) is 5.51. The number of nitrogens with zero attached hydrogens (tertiary/aromatic N) is 1. The summed E-state index contributed by atoms with van der Waals surface area (Å²) in [4.78, 5) is 30.9. The summed E-state index contributed by atoms with van der Waals surface area (Å²) in [5, 5.41) is 0.919. The Morgan fingerprint density at radius 2 is 1.81 bits per heavy atom. The predicted octanol–water partition coefficient (Wildman–Crippen LogP) is 5.17. The molecule has 7 heteroatoms. The van der Waals surface area contributed by atoms with Crippen LogP contribution in [0.2, 0.25) is 0 Å². The van der Waals surface area contributed by atoms with Crippen molar-refractivity contribution >= 4 is 28.4 Å². The van der Waals surface area contributed by atoms with Crippen molar-refractivity contribution in [1.82, 2.24) is 9.88 Å². The molecule has 0 fully saturated rings. The molecule has 1 amide bonds. The molecule has 1 N–H and O–H groups in total. The summed E-state index contributed by atoms with van der Waals surface area (Å²) in [6.45, 7) is 7.50. The Labute approximate surface area is 184 Å². The number of aromatic amines is 1. The minimum atomic E-state index is -1.22. The SMILES string of the molecule is CC(C)OC(=O)C1=CN(C(=O)c2cccc(F)c2F)CC(C)(C)c2c1[nH]c1ccccc21. The van der Waals surface area contributed by atoms with E-state index in [4.69, 9.17) is 4.74 Å². The van der Waals surface area contributed by atoms with Crippen LogP contribution in [-0.4, -0.2) is 34.4 Å². The highest BCUT2D eigenvalue weighted by Crippen LogP contribution is 2.40. The first-order valence-corrected chi connectivity index (χ1v) is 10.4. The van der Waals surface area contributed by atoms with E-state index < -0.39 is 34.5 Å². The van der Waals surface area contributed by atoms with Crippen molar-refractivity contribution in [2.75, 3.05) is 6.54 Å². The maximum Gasteiger partial charge on any atom is 0.342 e. The van der Waals surface area contributed by atoms with Gasteiger partial charge in [-0.2, -0.15) is 0 Å². The summed E-state index contributed by atoms with van der Waals surface area (Å²) in [7, 11) is 0. The molecule has 0 atom stereocenters. The lowest BCUT2D eigenvalue weighted by Crippen LogP contribution is -2.37. The molecule has 0 saturated heterocycles. The van der Waals surface area contributed by atoms with Gasteiger partial charge in [0, 0.05) is 29.1 Å². The lowest BCUT2D eigenvalue weighted by molar-refractivity contribution is -0.140. The number of aromatic nitrogens is 1. The Hall–Kier alpha value is -3.48. The fourth-order valence-electron chi connectivity index (χ4n) is 4.20. The number of nitrogens with one attached hydrogen (secondary N) is 1. The van der Waals surface area contributed by atoms with Crippen LogP contribution in [0, 0.1) is 11.6 Å². The van der Waals surface area contributed by atoms with Gasteiger partial charge in [0.15, 0.2) is 11.6 Å². The number of halogens is 2. The number of benzene rings is 2. The molecule has 0 bridgehead atoms. The zero-order chi connectivity index (χ0) is 23.2. The zero-order valence-electron chi connectivity index (χ0n) is 18.3. The fraction of sp³-hybridized carbons (Fsp3) is 0.280. The van der Waals surface area contributed by atoms with Crippen LogP contribution in [-0.2, 0) is 14.9 Å². The molecular formula is C25H24F2N2O3. The molecule has 2 heterocycles. The summed E-state index contributed by atoms with van der Waals surface area (Å²) < 4.78 is 33.6. The van der Waals surface area contributed by atoms with Crippen LogP contribution in [0.5, 0.6) is 0 Å². The number of H-pyrrole nitrogens is 1. The van der Waals surface area contributed by atoms with Gasteiger partial charge in [-0.15, -0.1) is 0 Å².